The van der Waals surface area contributed by atoms with Gasteiger partial charge in [-0.05, 0) is 49.6 Å². The Bertz CT molecular complexity index is 1290. The van der Waals surface area contributed by atoms with E-state index in [4.69, 9.17) is 9.47 Å². The Hall–Kier alpha value is -3.05. The molecule has 0 saturated carbocycles. The van der Waals surface area contributed by atoms with Gasteiger partial charge in [0.15, 0.2) is 0 Å². The lowest BCUT2D eigenvalue weighted by molar-refractivity contribution is 0.0730. The molecule has 1 fully saturated rings. The molecular weight excluding hydrogens is 468 g/mol. The Morgan fingerprint density at radius 3 is 2.69 bits per heavy atom. The normalized spacial score (nSPS) is 14.7. The molecular formula is C25H28N4O5S. The van der Waals surface area contributed by atoms with Crippen molar-refractivity contribution in [2.24, 2.45) is 0 Å². The van der Waals surface area contributed by atoms with Gasteiger partial charge < -0.3 is 9.47 Å². The van der Waals surface area contributed by atoms with Gasteiger partial charge >= 0.3 is 0 Å². The zero-order valence-electron chi connectivity index (χ0n) is 19.8. The van der Waals surface area contributed by atoms with Crippen LogP contribution in [0.3, 0.4) is 0 Å². The standard InChI is InChI=1S/C25H28N4O5S/c1-18-7-8-20(35(31,32)29-10-13-34-14-11-29)15-21(18)23-17-27-22(6-4-12-33-2)24(28-23)25(30)19-5-3-9-26-16-19/h3,5,7-9,15-17H,4,6,10-14H2,1-2H3. The number of aromatic nitrogens is 3. The molecule has 1 aliphatic heterocycles. The predicted octanol–water partition coefficient (Wildman–Crippen LogP) is 2.68. The molecule has 1 aromatic carbocycles. The number of pyridine rings is 1. The van der Waals surface area contributed by atoms with Gasteiger partial charge in [-0.3, -0.25) is 14.8 Å². The lowest BCUT2D eigenvalue weighted by Gasteiger charge is -2.26. The van der Waals surface area contributed by atoms with Gasteiger partial charge in [0, 0.05) is 50.3 Å². The first-order chi connectivity index (χ1) is 16.9. The molecule has 3 aromatic rings. The number of sulfonamides is 1. The number of benzene rings is 1. The predicted molar refractivity (Wildman–Crippen MR) is 130 cm³/mol. The van der Waals surface area contributed by atoms with E-state index in [-0.39, 0.29) is 16.4 Å². The van der Waals surface area contributed by atoms with Crippen molar-refractivity contribution in [3.8, 4) is 11.3 Å². The lowest BCUT2D eigenvalue weighted by Crippen LogP contribution is -2.40. The van der Waals surface area contributed by atoms with Crippen molar-refractivity contribution >= 4 is 15.8 Å². The van der Waals surface area contributed by atoms with Gasteiger partial charge in [0.2, 0.25) is 15.8 Å². The van der Waals surface area contributed by atoms with E-state index < -0.39 is 10.0 Å². The molecule has 35 heavy (non-hydrogen) atoms. The third kappa shape index (κ3) is 5.62. The fraction of sp³-hybridized carbons (Fsp3) is 0.360. The SMILES string of the molecule is COCCCc1ncc(-c2cc(S(=O)(=O)N3CCOCC3)ccc2C)nc1C(=O)c1cccnc1. The number of hydrogen-bond acceptors (Lipinski definition) is 8. The second-order valence-corrected chi connectivity index (χ2v) is 10.1. The Balaban J connectivity index is 1.75. The van der Waals surface area contributed by atoms with E-state index in [1.54, 1.807) is 49.8 Å². The van der Waals surface area contributed by atoms with Crippen LogP contribution in [-0.4, -0.2) is 73.5 Å². The number of ketones is 1. The molecule has 9 nitrogen and oxygen atoms in total. The molecule has 184 valence electrons. The molecule has 4 rings (SSSR count). The van der Waals surface area contributed by atoms with Crippen LogP contribution in [0.4, 0.5) is 0 Å². The summed E-state index contributed by atoms with van der Waals surface area (Å²) in [5.74, 6) is -0.283. The average Bonchev–Trinajstić information content (AvgIpc) is 2.90. The molecule has 0 atom stereocenters. The van der Waals surface area contributed by atoms with Gasteiger partial charge in [-0.2, -0.15) is 4.31 Å². The summed E-state index contributed by atoms with van der Waals surface area (Å²) in [4.78, 5) is 26.8. The highest BCUT2D eigenvalue weighted by molar-refractivity contribution is 7.89. The molecule has 10 heteroatoms. The highest BCUT2D eigenvalue weighted by Gasteiger charge is 2.27. The quantitative estimate of drug-likeness (QED) is 0.328. The molecule has 3 heterocycles. The maximum absolute atomic E-state index is 13.3. The third-order valence-electron chi connectivity index (χ3n) is 5.84. The fourth-order valence-corrected chi connectivity index (χ4v) is 5.33. The summed E-state index contributed by atoms with van der Waals surface area (Å²) in [6.07, 6.45) is 5.89. The van der Waals surface area contributed by atoms with Gasteiger partial charge in [0.1, 0.15) is 5.69 Å². The van der Waals surface area contributed by atoms with Crippen LogP contribution >= 0.6 is 0 Å². The Morgan fingerprint density at radius 1 is 1.17 bits per heavy atom. The van der Waals surface area contributed by atoms with Crippen molar-refractivity contribution in [3.63, 3.8) is 0 Å². The largest absolute Gasteiger partial charge is 0.385 e. The number of aryl methyl sites for hydroxylation is 2. The molecule has 0 unspecified atom stereocenters. The number of hydrogen-bond donors (Lipinski definition) is 0. The zero-order chi connectivity index (χ0) is 24.8. The van der Waals surface area contributed by atoms with Gasteiger partial charge in [-0.25, -0.2) is 13.4 Å². The van der Waals surface area contributed by atoms with Crippen molar-refractivity contribution in [3.05, 3.63) is 71.4 Å². The van der Waals surface area contributed by atoms with Gasteiger partial charge in [0.05, 0.1) is 35.7 Å². The van der Waals surface area contributed by atoms with E-state index in [0.29, 0.717) is 68.3 Å². The molecule has 0 amide bonds. The van der Waals surface area contributed by atoms with Crippen molar-refractivity contribution in [2.45, 2.75) is 24.7 Å². The van der Waals surface area contributed by atoms with Crippen LogP contribution in [0, 0.1) is 6.92 Å². The summed E-state index contributed by atoms with van der Waals surface area (Å²) >= 11 is 0. The summed E-state index contributed by atoms with van der Waals surface area (Å²) < 4.78 is 38.3. The molecule has 0 aliphatic carbocycles. The Labute approximate surface area is 205 Å². The fourth-order valence-electron chi connectivity index (χ4n) is 3.90. The molecule has 0 N–H and O–H groups in total. The van der Waals surface area contributed by atoms with Crippen LogP contribution in [0.2, 0.25) is 0 Å². The van der Waals surface area contributed by atoms with Crippen molar-refractivity contribution < 1.29 is 22.7 Å². The van der Waals surface area contributed by atoms with Crippen LogP contribution in [0.5, 0.6) is 0 Å². The first-order valence-corrected chi connectivity index (χ1v) is 12.8. The minimum absolute atomic E-state index is 0.172. The van der Waals surface area contributed by atoms with Crippen LogP contribution in [0.15, 0.2) is 53.8 Å². The number of carbonyl (C=O) groups excluding carboxylic acids is 1. The van der Waals surface area contributed by atoms with Crippen LogP contribution in [-0.2, 0) is 25.9 Å². The van der Waals surface area contributed by atoms with E-state index in [9.17, 15) is 13.2 Å². The Morgan fingerprint density at radius 2 is 1.97 bits per heavy atom. The topological polar surface area (TPSA) is 112 Å². The van der Waals surface area contributed by atoms with Crippen molar-refractivity contribution in [2.75, 3.05) is 40.0 Å². The molecule has 0 spiro atoms. The summed E-state index contributed by atoms with van der Waals surface area (Å²) in [7, 11) is -2.06. The maximum atomic E-state index is 13.3. The molecule has 0 bridgehead atoms. The number of ether oxygens (including phenoxy) is 2. The highest BCUT2D eigenvalue weighted by atomic mass is 32.2. The highest BCUT2D eigenvalue weighted by Crippen LogP contribution is 2.28. The van der Waals surface area contributed by atoms with Gasteiger partial charge in [-0.1, -0.05) is 6.07 Å². The van der Waals surface area contributed by atoms with Crippen LogP contribution in [0.25, 0.3) is 11.3 Å². The number of rotatable bonds is 9. The average molecular weight is 497 g/mol. The van der Waals surface area contributed by atoms with Gasteiger partial charge in [0.25, 0.3) is 0 Å². The van der Waals surface area contributed by atoms with E-state index in [1.807, 2.05) is 6.92 Å². The Kier molecular flexibility index (Phi) is 7.97. The first-order valence-electron chi connectivity index (χ1n) is 11.4. The van der Waals surface area contributed by atoms with Crippen LogP contribution in [0.1, 0.15) is 33.7 Å². The minimum atomic E-state index is -3.69. The van der Waals surface area contributed by atoms with E-state index in [2.05, 4.69) is 15.0 Å². The van der Waals surface area contributed by atoms with Crippen molar-refractivity contribution in [1.29, 1.82) is 0 Å². The third-order valence-corrected chi connectivity index (χ3v) is 7.74. The number of methoxy groups -OCH3 is 1. The number of morpholine rings is 1. The lowest BCUT2D eigenvalue weighted by atomic mass is 10.0. The summed E-state index contributed by atoms with van der Waals surface area (Å²) in [6.45, 7) is 3.76. The molecule has 2 aromatic heterocycles. The molecule has 0 radical (unpaired) electrons. The van der Waals surface area contributed by atoms with Crippen molar-refractivity contribution in [1.82, 2.24) is 19.3 Å². The van der Waals surface area contributed by atoms with E-state index >= 15 is 0 Å². The first kappa shape index (κ1) is 25.1. The second-order valence-electron chi connectivity index (χ2n) is 8.21. The van der Waals surface area contributed by atoms with Crippen LogP contribution < -0.4 is 0 Å². The maximum Gasteiger partial charge on any atom is 0.243 e. The molecule has 1 aliphatic rings. The summed E-state index contributed by atoms with van der Waals surface area (Å²) in [5.41, 5.74) is 3.07. The number of nitrogens with zero attached hydrogens (tertiary/aromatic N) is 4. The zero-order valence-corrected chi connectivity index (χ0v) is 20.6. The van der Waals surface area contributed by atoms with Gasteiger partial charge in [-0.15, -0.1) is 0 Å². The monoisotopic (exact) mass is 496 g/mol. The van der Waals surface area contributed by atoms with E-state index in [0.717, 1.165) is 5.56 Å². The van der Waals surface area contributed by atoms with E-state index in [1.165, 1.54) is 10.5 Å². The smallest absolute Gasteiger partial charge is 0.243 e. The summed E-state index contributed by atoms with van der Waals surface area (Å²) in [5, 5.41) is 0. The minimum Gasteiger partial charge on any atom is -0.385 e. The number of carbonyl (C=O) groups is 1. The second kappa shape index (κ2) is 11.1. The summed E-state index contributed by atoms with van der Waals surface area (Å²) in [6, 6.07) is 8.33. The molecule has 1 saturated heterocycles.